The van der Waals surface area contributed by atoms with Gasteiger partial charge >= 0.3 is 0 Å². The van der Waals surface area contributed by atoms with Crippen LogP contribution in [-0.4, -0.2) is 34.1 Å². The SMILES string of the molecule is Cc1cc(Nc2nccc(OC3CCNCC3)n2)cc(-c2cccnc2)c1. The average Bonchev–Trinajstić information content (AvgIpc) is 2.69. The maximum Gasteiger partial charge on any atom is 0.230 e. The van der Waals surface area contributed by atoms with Crippen LogP contribution in [-0.2, 0) is 0 Å². The van der Waals surface area contributed by atoms with E-state index in [1.165, 1.54) is 0 Å². The molecule has 6 heteroatoms. The van der Waals surface area contributed by atoms with Gasteiger partial charge in [0.2, 0.25) is 11.8 Å². The van der Waals surface area contributed by atoms with Crippen molar-refractivity contribution in [3.63, 3.8) is 0 Å². The molecule has 0 bridgehead atoms. The Hall–Kier alpha value is -2.99. The Morgan fingerprint density at radius 1 is 1.07 bits per heavy atom. The number of piperidine rings is 1. The van der Waals surface area contributed by atoms with Crippen LogP contribution < -0.4 is 15.4 Å². The van der Waals surface area contributed by atoms with Crippen molar-refractivity contribution in [2.45, 2.75) is 25.9 Å². The van der Waals surface area contributed by atoms with Crippen molar-refractivity contribution in [3.8, 4) is 17.0 Å². The number of aryl methyl sites for hydroxylation is 1. The van der Waals surface area contributed by atoms with E-state index < -0.39 is 0 Å². The number of nitrogens with one attached hydrogen (secondary N) is 2. The van der Waals surface area contributed by atoms with Gasteiger partial charge in [-0.3, -0.25) is 4.98 Å². The van der Waals surface area contributed by atoms with Crippen LogP contribution in [0, 0.1) is 6.92 Å². The number of aromatic nitrogens is 3. The lowest BCUT2D eigenvalue weighted by atomic mass is 10.0. The molecule has 1 saturated heterocycles. The zero-order chi connectivity index (χ0) is 18.5. The summed E-state index contributed by atoms with van der Waals surface area (Å²) in [6.45, 7) is 4.05. The fraction of sp³-hybridized carbons (Fsp3) is 0.286. The lowest BCUT2D eigenvalue weighted by molar-refractivity contribution is 0.156. The van der Waals surface area contributed by atoms with Gasteiger partial charge in [0.25, 0.3) is 0 Å². The molecule has 138 valence electrons. The third-order valence-corrected chi connectivity index (χ3v) is 4.53. The molecule has 2 aromatic heterocycles. The maximum atomic E-state index is 6.01. The van der Waals surface area contributed by atoms with Crippen LogP contribution in [0.5, 0.6) is 5.88 Å². The highest BCUT2D eigenvalue weighted by Crippen LogP contribution is 2.26. The molecule has 0 spiro atoms. The van der Waals surface area contributed by atoms with Crippen LogP contribution >= 0.6 is 0 Å². The molecule has 27 heavy (non-hydrogen) atoms. The summed E-state index contributed by atoms with van der Waals surface area (Å²) in [5.74, 6) is 1.14. The average molecular weight is 361 g/mol. The molecule has 0 amide bonds. The van der Waals surface area contributed by atoms with E-state index in [2.05, 4.69) is 56.8 Å². The molecule has 0 aliphatic carbocycles. The van der Waals surface area contributed by atoms with Crippen molar-refractivity contribution in [1.82, 2.24) is 20.3 Å². The Labute approximate surface area is 159 Å². The molecule has 0 unspecified atom stereocenters. The number of rotatable bonds is 5. The van der Waals surface area contributed by atoms with E-state index in [9.17, 15) is 0 Å². The van der Waals surface area contributed by atoms with E-state index >= 15 is 0 Å². The van der Waals surface area contributed by atoms with E-state index in [1.807, 2.05) is 18.3 Å². The molecule has 1 fully saturated rings. The monoisotopic (exact) mass is 361 g/mol. The topological polar surface area (TPSA) is 72.0 Å². The second kappa shape index (κ2) is 8.14. The van der Waals surface area contributed by atoms with Gasteiger partial charge in [-0.05, 0) is 62.2 Å². The quantitative estimate of drug-likeness (QED) is 0.722. The highest BCUT2D eigenvalue weighted by atomic mass is 16.5. The van der Waals surface area contributed by atoms with Gasteiger partial charge in [-0.1, -0.05) is 12.1 Å². The highest BCUT2D eigenvalue weighted by molar-refractivity contribution is 5.70. The zero-order valence-corrected chi connectivity index (χ0v) is 15.4. The minimum atomic E-state index is 0.213. The summed E-state index contributed by atoms with van der Waals surface area (Å²) in [5.41, 5.74) is 4.27. The minimum Gasteiger partial charge on any atom is -0.474 e. The predicted octanol–water partition coefficient (Wildman–Crippen LogP) is 3.72. The van der Waals surface area contributed by atoms with Gasteiger partial charge in [-0.25, -0.2) is 4.98 Å². The first kappa shape index (κ1) is 17.4. The van der Waals surface area contributed by atoms with Crippen LogP contribution in [0.4, 0.5) is 11.6 Å². The molecule has 0 radical (unpaired) electrons. The predicted molar refractivity (Wildman–Crippen MR) is 106 cm³/mol. The second-order valence-corrected chi connectivity index (χ2v) is 6.74. The van der Waals surface area contributed by atoms with Gasteiger partial charge in [0.1, 0.15) is 6.10 Å². The van der Waals surface area contributed by atoms with E-state index in [0.29, 0.717) is 11.8 Å². The molecule has 0 saturated carbocycles. The summed E-state index contributed by atoms with van der Waals surface area (Å²) in [6, 6.07) is 12.1. The number of nitrogens with zero attached hydrogens (tertiary/aromatic N) is 3. The van der Waals surface area contributed by atoms with Gasteiger partial charge < -0.3 is 15.4 Å². The highest BCUT2D eigenvalue weighted by Gasteiger charge is 2.15. The third kappa shape index (κ3) is 4.60. The molecule has 3 heterocycles. The largest absolute Gasteiger partial charge is 0.474 e. The van der Waals surface area contributed by atoms with Gasteiger partial charge in [0.05, 0.1) is 0 Å². The lowest BCUT2D eigenvalue weighted by Gasteiger charge is -2.23. The van der Waals surface area contributed by atoms with Gasteiger partial charge in [0.15, 0.2) is 0 Å². The summed E-state index contributed by atoms with van der Waals surface area (Å²) >= 11 is 0. The van der Waals surface area contributed by atoms with Crippen LogP contribution in [0.2, 0.25) is 0 Å². The Morgan fingerprint density at radius 3 is 2.78 bits per heavy atom. The lowest BCUT2D eigenvalue weighted by Crippen LogP contribution is -2.34. The standard InChI is InChI=1S/C21H23N5O/c1-15-11-17(16-3-2-7-23-14-16)13-18(12-15)25-21-24-10-6-20(26-21)27-19-4-8-22-9-5-19/h2-3,6-7,10-14,19,22H,4-5,8-9H2,1H3,(H,24,25,26). The molecule has 2 N–H and O–H groups in total. The van der Waals surface area contributed by atoms with E-state index in [-0.39, 0.29) is 6.10 Å². The van der Waals surface area contributed by atoms with Crippen LogP contribution in [0.25, 0.3) is 11.1 Å². The van der Waals surface area contributed by atoms with Gasteiger partial charge in [0, 0.05) is 35.9 Å². The summed E-state index contributed by atoms with van der Waals surface area (Å²) < 4.78 is 6.01. The zero-order valence-electron chi connectivity index (χ0n) is 15.4. The molecule has 6 nitrogen and oxygen atoms in total. The fourth-order valence-electron chi connectivity index (χ4n) is 3.24. The van der Waals surface area contributed by atoms with E-state index in [0.717, 1.165) is 48.3 Å². The fourth-order valence-corrected chi connectivity index (χ4v) is 3.24. The molecule has 1 aliphatic heterocycles. The first-order valence-corrected chi connectivity index (χ1v) is 9.26. The summed E-state index contributed by atoms with van der Waals surface area (Å²) in [7, 11) is 0. The summed E-state index contributed by atoms with van der Waals surface area (Å²) in [6.07, 6.45) is 7.58. The molecule has 1 aliphatic rings. The number of pyridine rings is 1. The van der Waals surface area contributed by atoms with Crippen LogP contribution in [0.15, 0.2) is 55.0 Å². The molecular formula is C21H23N5O. The normalized spacial score (nSPS) is 14.7. The van der Waals surface area contributed by atoms with Crippen LogP contribution in [0.3, 0.4) is 0 Å². The number of hydrogen-bond donors (Lipinski definition) is 2. The third-order valence-electron chi connectivity index (χ3n) is 4.53. The first-order valence-electron chi connectivity index (χ1n) is 9.26. The number of ether oxygens (including phenoxy) is 1. The van der Waals surface area contributed by atoms with Gasteiger partial charge in [-0.15, -0.1) is 0 Å². The second-order valence-electron chi connectivity index (χ2n) is 6.74. The van der Waals surface area contributed by atoms with Crippen molar-refractivity contribution >= 4 is 11.6 Å². The Bertz CT molecular complexity index is 894. The van der Waals surface area contributed by atoms with Crippen molar-refractivity contribution in [3.05, 3.63) is 60.6 Å². The first-order chi connectivity index (χ1) is 13.3. The smallest absolute Gasteiger partial charge is 0.230 e. The number of benzene rings is 1. The van der Waals surface area contributed by atoms with E-state index in [1.54, 1.807) is 12.4 Å². The van der Waals surface area contributed by atoms with Crippen molar-refractivity contribution < 1.29 is 4.74 Å². The Morgan fingerprint density at radius 2 is 1.96 bits per heavy atom. The molecular weight excluding hydrogens is 338 g/mol. The van der Waals surface area contributed by atoms with Crippen molar-refractivity contribution in [1.29, 1.82) is 0 Å². The summed E-state index contributed by atoms with van der Waals surface area (Å²) in [4.78, 5) is 13.1. The molecule has 4 rings (SSSR count). The van der Waals surface area contributed by atoms with Crippen molar-refractivity contribution in [2.75, 3.05) is 18.4 Å². The van der Waals surface area contributed by atoms with Crippen molar-refractivity contribution in [2.24, 2.45) is 0 Å². The Kier molecular flexibility index (Phi) is 5.25. The number of hydrogen-bond acceptors (Lipinski definition) is 6. The molecule has 1 aromatic carbocycles. The van der Waals surface area contributed by atoms with Crippen LogP contribution in [0.1, 0.15) is 18.4 Å². The minimum absolute atomic E-state index is 0.213. The van der Waals surface area contributed by atoms with E-state index in [4.69, 9.17) is 4.74 Å². The molecule has 0 atom stereocenters. The number of anilines is 2. The maximum absolute atomic E-state index is 6.01. The summed E-state index contributed by atoms with van der Waals surface area (Å²) in [5, 5.41) is 6.64. The Balaban J connectivity index is 1.52. The van der Waals surface area contributed by atoms with Gasteiger partial charge in [-0.2, -0.15) is 4.98 Å². The molecule has 3 aromatic rings.